The number of aliphatic hydroxyl groups is 2. The Morgan fingerprint density at radius 3 is 2.35 bits per heavy atom. The van der Waals surface area contributed by atoms with Crippen molar-refractivity contribution in [3.05, 3.63) is 33.8 Å². The molecule has 1 rings (SSSR count). The second kappa shape index (κ2) is 6.21. The van der Waals surface area contributed by atoms with Gasteiger partial charge >= 0.3 is 5.97 Å². The van der Waals surface area contributed by atoms with Crippen molar-refractivity contribution in [1.29, 1.82) is 0 Å². The maximum absolute atomic E-state index is 11.3. The topological polar surface area (TPSA) is 66.8 Å². The van der Waals surface area contributed by atoms with Crippen molar-refractivity contribution in [1.82, 2.24) is 0 Å². The molecule has 1 aromatic rings. The molecule has 0 saturated heterocycles. The summed E-state index contributed by atoms with van der Waals surface area (Å²) in [4.78, 5) is 11.3. The lowest BCUT2D eigenvalue weighted by atomic mass is 10.0. The van der Waals surface area contributed by atoms with E-state index in [0.717, 1.165) is 0 Å². The van der Waals surface area contributed by atoms with Gasteiger partial charge in [0.2, 0.25) is 0 Å². The Labute approximate surface area is 109 Å². The van der Waals surface area contributed by atoms with Gasteiger partial charge in [-0.15, -0.1) is 0 Å². The van der Waals surface area contributed by atoms with Crippen molar-refractivity contribution in [2.75, 3.05) is 6.61 Å². The van der Waals surface area contributed by atoms with E-state index >= 15 is 0 Å². The molecular formula is C11H12Cl2O4. The maximum atomic E-state index is 11.3. The molecule has 17 heavy (non-hydrogen) atoms. The van der Waals surface area contributed by atoms with Crippen molar-refractivity contribution < 1.29 is 19.7 Å². The van der Waals surface area contributed by atoms with Crippen LogP contribution in [0.1, 0.15) is 18.6 Å². The molecule has 0 bridgehead atoms. The van der Waals surface area contributed by atoms with Gasteiger partial charge in [0.05, 0.1) is 6.61 Å². The molecular weight excluding hydrogens is 267 g/mol. The number of halogens is 2. The molecule has 0 aliphatic heterocycles. The summed E-state index contributed by atoms with van der Waals surface area (Å²) < 4.78 is 4.59. The van der Waals surface area contributed by atoms with Crippen LogP contribution in [0, 0.1) is 0 Å². The van der Waals surface area contributed by atoms with E-state index in [1.807, 2.05) is 0 Å². The maximum Gasteiger partial charge on any atom is 0.338 e. The standard InChI is InChI=1S/C11H12Cl2O4/c1-2-17-11(16)10(15)9(14)8-6(12)4-3-5-7(8)13/h3-5,9-10,14-15H,2H2,1H3/t9-,10+/m0/s1. The molecule has 0 fully saturated rings. The molecule has 0 amide bonds. The van der Waals surface area contributed by atoms with Gasteiger partial charge in [-0.3, -0.25) is 0 Å². The number of hydrogen-bond donors (Lipinski definition) is 2. The van der Waals surface area contributed by atoms with Crippen LogP contribution >= 0.6 is 23.2 Å². The van der Waals surface area contributed by atoms with E-state index in [4.69, 9.17) is 23.2 Å². The van der Waals surface area contributed by atoms with Gasteiger partial charge in [0.25, 0.3) is 0 Å². The highest BCUT2D eigenvalue weighted by molar-refractivity contribution is 6.36. The van der Waals surface area contributed by atoms with E-state index in [1.54, 1.807) is 13.0 Å². The van der Waals surface area contributed by atoms with E-state index in [9.17, 15) is 15.0 Å². The number of carbonyl (C=O) groups excluding carboxylic acids is 1. The zero-order chi connectivity index (χ0) is 13.0. The quantitative estimate of drug-likeness (QED) is 0.827. The van der Waals surface area contributed by atoms with E-state index in [1.165, 1.54) is 12.1 Å². The predicted molar refractivity (Wildman–Crippen MR) is 64.1 cm³/mol. The number of hydrogen-bond acceptors (Lipinski definition) is 4. The van der Waals surface area contributed by atoms with Gasteiger partial charge in [0, 0.05) is 15.6 Å². The second-order valence-electron chi connectivity index (χ2n) is 3.28. The number of esters is 1. The molecule has 94 valence electrons. The minimum Gasteiger partial charge on any atom is -0.464 e. The first-order valence-corrected chi connectivity index (χ1v) is 5.71. The number of carbonyl (C=O) groups is 1. The van der Waals surface area contributed by atoms with Crippen LogP contribution in [0.4, 0.5) is 0 Å². The molecule has 0 saturated carbocycles. The lowest BCUT2D eigenvalue weighted by Crippen LogP contribution is -2.30. The summed E-state index contributed by atoms with van der Waals surface area (Å²) in [6, 6.07) is 4.60. The van der Waals surface area contributed by atoms with Crippen LogP contribution < -0.4 is 0 Å². The average Bonchev–Trinajstić information content (AvgIpc) is 2.27. The Morgan fingerprint density at radius 2 is 1.88 bits per heavy atom. The third-order valence-corrected chi connectivity index (χ3v) is 2.78. The number of rotatable bonds is 4. The summed E-state index contributed by atoms with van der Waals surface area (Å²) >= 11 is 11.7. The monoisotopic (exact) mass is 278 g/mol. The number of ether oxygens (including phenoxy) is 1. The minimum atomic E-state index is -1.72. The summed E-state index contributed by atoms with van der Waals surface area (Å²) in [6.45, 7) is 1.71. The SMILES string of the molecule is CCOC(=O)[C@H](O)[C@@H](O)c1c(Cl)cccc1Cl. The molecule has 2 atom stereocenters. The fourth-order valence-electron chi connectivity index (χ4n) is 1.31. The lowest BCUT2D eigenvalue weighted by Gasteiger charge is -2.18. The van der Waals surface area contributed by atoms with Gasteiger partial charge in [-0.05, 0) is 19.1 Å². The van der Waals surface area contributed by atoms with Crippen LogP contribution in [0.3, 0.4) is 0 Å². The molecule has 2 N–H and O–H groups in total. The van der Waals surface area contributed by atoms with Crippen molar-refractivity contribution >= 4 is 29.2 Å². The van der Waals surface area contributed by atoms with Gasteiger partial charge in [-0.25, -0.2) is 4.79 Å². The molecule has 0 unspecified atom stereocenters. The minimum absolute atomic E-state index is 0.108. The van der Waals surface area contributed by atoms with Crippen LogP contribution in [0.15, 0.2) is 18.2 Å². The molecule has 0 spiro atoms. The Bertz CT molecular complexity index is 388. The fourth-order valence-corrected chi connectivity index (χ4v) is 1.93. The van der Waals surface area contributed by atoms with Crippen LogP contribution in [0.2, 0.25) is 10.0 Å². The summed E-state index contributed by atoms with van der Waals surface area (Å²) in [5.74, 6) is -0.920. The number of benzene rings is 1. The molecule has 1 aromatic carbocycles. The first-order valence-electron chi connectivity index (χ1n) is 4.95. The molecule has 0 aliphatic carbocycles. The zero-order valence-electron chi connectivity index (χ0n) is 9.06. The largest absolute Gasteiger partial charge is 0.464 e. The van der Waals surface area contributed by atoms with Crippen LogP contribution in [-0.4, -0.2) is 28.9 Å². The second-order valence-corrected chi connectivity index (χ2v) is 4.09. The Morgan fingerprint density at radius 1 is 1.35 bits per heavy atom. The van der Waals surface area contributed by atoms with Gasteiger partial charge in [0.15, 0.2) is 6.10 Å². The van der Waals surface area contributed by atoms with Crippen molar-refractivity contribution in [3.63, 3.8) is 0 Å². The van der Waals surface area contributed by atoms with E-state index in [0.29, 0.717) is 0 Å². The molecule has 0 aliphatic rings. The summed E-state index contributed by atoms with van der Waals surface area (Å²) in [5, 5.41) is 19.8. The summed E-state index contributed by atoms with van der Waals surface area (Å²) in [5.41, 5.74) is 0.108. The highest BCUT2D eigenvalue weighted by Gasteiger charge is 2.29. The highest BCUT2D eigenvalue weighted by atomic mass is 35.5. The highest BCUT2D eigenvalue weighted by Crippen LogP contribution is 2.32. The Hall–Kier alpha value is -0.810. The van der Waals surface area contributed by atoms with Crippen LogP contribution in [-0.2, 0) is 9.53 Å². The Kier molecular flexibility index (Phi) is 5.21. The van der Waals surface area contributed by atoms with Crippen molar-refractivity contribution in [2.24, 2.45) is 0 Å². The third-order valence-electron chi connectivity index (χ3n) is 2.12. The van der Waals surface area contributed by atoms with Gasteiger partial charge < -0.3 is 14.9 Å². The molecule has 0 aromatic heterocycles. The first kappa shape index (κ1) is 14.3. The normalized spacial score (nSPS) is 14.2. The van der Waals surface area contributed by atoms with Crippen molar-refractivity contribution in [3.8, 4) is 0 Å². The smallest absolute Gasteiger partial charge is 0.338 e. The third kappa shape index (κ3) is 3.33. The van der Waals surface area contributed by atoms with Crippen LogP contribution in [0.5, 0.6) is 0 Å². The molecule has 6 heteroatoms. The first-order chi connectivity index (χ1) is 7.99. The van der Waals surface area contributed by atoms with Gasteiger partial charge in [0.1, 0.15) is 6.10 Å². The molecule has 0 radical (unpaired) electrons. The van der Waals surface area contributed by atoms with E-state index in [-0.39, 0.29) is 22.2 Å². The Balaban J connectivity index is 2.96. The molecule has 0 heterocycles. The summed E-state index contributed by atoms with van der Waals surface area (Å²) in [6.07, 6.45) is -3.23. The van der Waals surface area contributed by atoms with Gasteiger partial charge in [-0.1, -0.05) is 29.3 Å². The van der Waals surface area contributed by atoms with E-state index in [2.05, 4.69) is 4.74 Å². The predicted octanol–water partition coefficient (Wildman–Crippen LogP) is 1.95. The fraction of sp³-hybridized carbons (Fsp3) is 0.364. The summed E-state index contributed by atoms with van der Waals surface area (Å²) in [7, 11) is 0. The van der Waals surface area contributed by atoms with Crippen molar-refractivity contribution in [2.45, 2.75) is 19.1 Å². The number of aliphatic hydroxyl groups excluding tert-OH is 2. The average molecular weight is 279 g/mol. The van der Waals surface area contributed by atoms with Crippen LogP contribution in [0.25, 0.3) is 0 Å². The lowest BCUT2D eigenvalue weighted by molar-refractivity contribution is -0.159. The van der Waals surface area contributed by atoms with Gasteiger partial charge in [-0.2, -0.15) is 0 Å². The van der Waals surface area contributed by atoms with E-state index < -0.39 is 18.2 Å². The zero-order valence-corrected chi connectivity index (χ0v) is 10.6. The molecule has 4 nitrogen and oxygen atoms in total.